The number of carbonyl (C=O) groups is 2. The Morgan fingerprint density at radius 1 is 1.35 bits per heavy atom. The van der Waals surface area contributed by atoms with Gasteiger partial charge in [-0.2, -0.15) is 0 Å². The standard InChI is InChI=1S/C14H18BrNO4/c1-14(2,3)11(13(18)19)12(17)16-8-5-6-9(15)10(7-8)20-4/h5-7,11H,1-4H3,(H,16,17)(H,18,19). The summed E-state index contributed by atoms with van der Waals surface area (Å²) in [5.41, 5.74) is -0.180. The fourth-order valence-corrected chi connectivity index (χ4v) is 2.24. The number of halogens is 1. The molecule has 2 N–H and O–H groups in total. The van der Waals surface area contributed by atoms with Gasteiger partial charge in [-0.1, -0.05) is 20.8 Å². The predicted molar refractivity (Wildman–Crippen MR) is 79.9 cm³/mol. The van der Waals surface area contributed by atoms with Gasteiger partial charge < -0.3 is 15.2 Å². The molecular formula is C14H18BrNO4. The minimum absolute atomic E-state index is 0.491. The number of aliphatic carboxylic acids is 1. The number of carboxylic acid groups (broad SMARTS) is 1. The second-order valence-electron chi connectivity index (χ2n) is 5.48. The predicted octanol–water partition coefficient (Wildman–Crippen LogP) is 3.14. The summed E-state index contributed by atoms with van der Waals surface area (Å²) in [6.07, 6.45) is 0. The fraction of sp³-hybridized carbons (Fsp3) is 0.429. The summed E-state index contributed by atoms with van der Waals surface area (Å²) in [5.74, 6) is -2.25. The summed E-state index contributed by atoms with van der Waals surface area (Å²) in [6.45, 7) is 5.15. The van der Waals surface area contributed by atoms with E-state index in [1.54, 1.807) is 39.0 Å². The number of carboxylic acids is 1. The Balaban J connectivity index is 2.97. The lowest BCUT2D eigenvalue weighted by atomic mass is 9.80. The van der Waals surface area contributed by atoms with E-state index in [-0.39, 0.29) is 0 Å². The lowest BCUT2D eigenvalue weighted by Crippen LogP contribution is -2.39. The third-order valence-corrected chi connectivity index (χ3v) is 3.45. The Hall–Kier alpha value is -1.56. The van der Waals surface area contributed by atoms with Crippen LogP contribution in [-0.2, 0) is 9.59 Å². The van der Waals surface area contributed by atoms with E-state index >= 15 is 0 Å². The van der Waals surface area contributed by atoms with Crippen molar-refractivity contribution < 1.29 is 19.4 Å². The summed E-state index contributed by atoms with van der Waals surface area (Å²) in [6, 6.07) is 5.02. The number of rotatable bonds is 4. The second-order valence-corrected chi connectivity index (χ2v) is 6.33. The first-order valence-corrected chi connectivity index (χ1v) is 6.83. The maximum atomic E-state index is 12.1. The van der Waals surface area contributed by atoms with Gasteiger partial charge in [0.15, 0.2) is 0 Å². The number of benzene rings is 1. The van der Waals surface area contributed by atoms with Crippen LogP contribution in [0.25, 0.3) is 0 Å². The highest BCUT2D eigenvalue weighted by molar-refractivity contribution is 9.10. The highest BCUT2D eigenvalue weighted by Gasteiger charge is 2.37. The van der Waals surface area contributed by atoms with Gasteiger partial charge in [0.2, 0.25) is 5.91 Å². The van der Waals surface area contributed by atoms with Crippen LogP contribution in [0.15, 0.2) is 22.7 Å². The van der Waals surface area contributed by atoms with Crippen molar-refractivity contribution in [1.29, 1.82) is 0 Å². The largest absolute Gasteiger partial charge is 0.495 e. The van der Waals surface area contributed by atoms with Crippen LogP contribution in [0.2, 0.25) is 0 Å². The molecule has 0 bridgehead atoms. The van der Waals surface area contributed by atoms with E-state index in [1.165, 1.54) is 7.11 Å². The zero-order valence-corrected chi connectivity index (χ0v) is 13.4. The number of amides is 1. The Morgan fingerprint density at radius 2 is 1.95 bits per heavy atom. The molecule has 0 heterocycles. The molecule has 1 unspecified atom stereocenters. The number of carbonyl (C=O) groups excluding carboxylic acids is 1. The number of hydrogen-bond acceptors (Lipinski definition) is 3. The van der Waals surface area contributed by atoms with Gasteiger partial charge in [-0.05, 0) is 33.5 Å². The van der Waals surface area contributed by atoms with Crippen LogP contribution in [0.3, 0.4) is 0 Å². The van der Waals surface area contributed by atoms with E-state index in [0.717, 1.165) is 4.47 Å². The molecular weight excluding hydrogens is 326 g/mol. The Labute approximate surface area is 126 Å². The number of nitrogens with one attached hydrogen (secondary N) is 1. The molecule has 0 aromatic heterocycles. The Morgan fingerprint density at radius 3 is 2.40 bits per heavy atom. The molecule has 0 aliphatic heterocycles. The van der Waals surface area contributed by atoms with Gasteiger partial charge in [0.25, 0.3) is 0 Å². The van der Waals surface area contributed by atoms with Crippen molar-refractivity contribution in [2.75, 3.05) is 12.4 Å². The van der Waals surface area contributed by atoms with Gasteiger partial charge in [-0.15, -0.1) is 0 Å². The normalized spacial score (nSPS) is 12.7. The van der Waals surface area contributed by atoms with Crippen molar-refractivity contribution in [2.45, 2.75) is 20.8 Å². The molecule has 1 rings (SSSR count). The van der Waals surface area contributed by atoms with E-state index in [1.807, 2.05) is 0 Å². The maximum Gasteiger partial charge on any atom is 0.316 e. The third kappa shape index (κ3) is 3.96. The van der Waals surface area contributed by atoms with E-state index in [9.17, 15) is 14.7 Å². The summed E-state index contributed by atoms with van der Waals surface area (Å²) < 4.78 is 5.88. The van der Waals surface area contributed by atoms with E-state index in [4.69, 9.17) is 4.74 Å². The molecule has 1 amide bonds. The van der Waals surface area contributed by atoms with Gasteiger partial charge >= 0.3 is 5.97 Å². The minimum atomic E-state index is -1.14. The first kappa shape index (κ1) is 16.5. The van der Waals surface area contributed by atoms with E-state index < -0.39 is 23.2 Å². The minimum Gasteiger partial charge on any atom is -0.495 e. The van der Waals surface area contributed by atoms with Gasteiger partial charge in [0.1, 0.15) is 11.7 Å². The Kier molecular flexibility index (Phi) is 5.16. The average molecular weight is 344 g/mol. The molecule has 0 spiro atoms. The highest BCUT2D eigenvalue weighted by atomic mass is 79.9. The monoisotopic (exact) mass is 343 g/mol. The van der Waals surface area contributed by atoms with Crippen LogP contribution in [0.4, 0.5) is 5.69 Å². The van der Waals surface area contributed by atoms with E-state index in [0.29, 0.717) is 11.4 Å². The molecule has 1 aromatic rings. The molecule has 20 heavy (non-hydrogen) atoms. The SMILES string of the molecule is COc1cc(NC(=O)C(C(=O)O)C(C)(C)C)ccc1Br. The molecule has 0 fully saturated rings. The topological polar surface area (TPSA) is 75.6 Å². The van der Waals surface area contributed by atoms with Crippen molar-refractivity contribution in [3.63, 3.8) is 0 Å². The van der Waals surface area contributed by atoms with Crippen LogP contribution in [0.5, 0.6) is 5.75 Å². The molecule has 1 aromatic carbocycles. The first-order chi connectivity index (χ1) is 9.16. The van der Waals surface area contributed by atoms with E-state index in [2.05, 4.69) is 21.2 Å². The molecule has 0 saturated heterocycles. The molecule has 6 heteroatoms. The molecule has 5 nitrogen and oxygen atoms in total. The number of anilines is 1. The lowest BCUT2D eigenvalue weighted by Gasteiger charge is -2.26. The number of methoxy groups -OCH3 is 1. The zero-order chi connectivity index (χ0) is 15.5. The third-order valence-electron chi connectivity index (χ3n) is 2.79. The van der Waals surface area contributed by atoms with Gasteiger partial charge in [-0.3, -0.25) is 9.59 Å². The van der Waals surface area contributed by atoms with Crippen LogP contribution in [-0.4, -0.2) is 24.1 Å². The van der Waals surface area contributed by atoms with Crippen molar-refractivity contribution in [1.82, 2.24) is 0 Å². The summed E-state index contributed by atoms with van der Waals surface area (Å²) in [7, 11) is 1.51. The van der Waals surface area contributed by atoms with Crippen LogP contribution in [0, 0.1) is 11.3 Å². The van der Waals surface area contributed by atoms with Crippen LogP contribution >= 0.6 is 15.9 Å². The van der Waals surface area contributed by atoms with Crippen LogP contribution < -0.4 is 10.1 Å². The first-order valence-electron chi connectivity index (χ1n) is 6.04. The van der Waals surface area contributed by atoms with Crippen molar-refractivity contribution >= 4 is 33.5 Å². The maximum absolute atomic E-state index is 12.1. The Bertz CT molecular complexity index is 522. The van der Waals surface area contributed by atoms with Gasteiger partial charge in [0.05, 0.1) is 11.6 Å². The fourth-order valence-electron chi connectivity index (χ4n) is 1.83. The molecule has 1 atom stereocenters. The molecule has 110 valence electrons. The number of ether oxygens (including phenoxy) is 1. The quantitative estimate of drug-likeness (QED) is 0.823. The van der Waals surface area contributed by atoms with Crippen molar-refractivity contribution in [2.24, 2.45) is 11.3 Å². The molecule has 0 saturated carbocycles. The highest BCUT2D eigenvalue weighted by Crippen LogP contribution is 2.30. The molecule has 0 radical (unpaired) electrons. The van der Waals surface area contributed by atoms with Crippen molar-refractivity contribution in [3.8, 4) is 5.75 Å². The summed E-state index contributed by atoms with van der Waals surface area (Å²) in [4.78, 5) is 23.4. The smallest absolute Gasteiger partial charge is 0.316 e. The zero-order valence-electron chi connectivity index (χ0n) is 11.9. The summed E-state index contributed by atoms with van der Waals surface area (Å²) >= 11 is 3.31. The summed E-state index contributed by atoms with van der Waals surface area (Å²) in [5, 5.41) is 11.8. The van der Waals surface area contributed by atoms with Crippen LogP contribution in [0.1, 0.15) is 20.8 Å². The van der Waals surface area contributed by atoms with Crippen molar-refractivity contribution in [3.05, 3.63) is 22.7 Å². The lowest BCUT2D eigenvalue weighted by molar-refractivity contribution is -0.149. The van der Waals surface area contributed by atoms with Gasteiger partial charge in [-0.25, -0.2) is 0 Å². The average Bonchev–Trinajstić information content (AvgIpc) is 2.29. The van der Waals surface area contributed by atoms with Gasteiger partial charge in [0, 0.05) is 11.8 Å². The molecule has 0 aliphatic carbocycles. The second kappa shape index (κ2) is 6.26. The molecule has 0 aliphatic rings. The number of hydrogen-bond donors (Lipinski definition) is 2.